The van der Waals surface area contributed by atoms with Crippen molar-refractivity contribution < 1.29 is 9.47 Å². The van der Waals surface area contributed by atoms with Crippen LogP contribution >= 0.6 is 0 Å². The van der Waals surface area contributed by atoms with Crippen LogP contribution in [0.5, 0.6) is 11.5 Å². The van der Waals surface area contributed by atoms with E-state index in [1.54, 1.807) is 0 Å². The van der Waals surface area contributed by atoms with Gasteiger partial charge in [0.25, 0.3) is 0 Å². The number of nitrogens with zero attached hydrogens (tertiary/aromatic N) is 4. The summed E-state index contributed by atoms with van der Waals surface area (Å²) in [7, 11) is 0. The molecule has 0 unspecified atom stereocenters. The lowest BCUT2D eigenvalue weighted by Gasteiger charge is -2.33. The van der Waals surface area contributed by atoms with E-state index in [2.05, 4.69) is 25.5 Å². The van der Waals surface area contributed by atoms with E-state index in [1.807, 2.05) is 37.3 Å². The zero-order valence-electron chi connectivity index (χ0n) is 15.9. The highest BCUT2D eigenvalue weighted by Crippen LogP contribution is 2.40. The molecule has 0 radical (unpaired) electrons. The highest BCUT2D eigenvalue weighted by atomic mass is 16.5. The minimum absolute atomic E-state index is 0.107. The molecule has 9 heteroatoms. The molecule has 0 atom stereocenters. The largest absolute Gasteiger partial charge is 0.493 e. The molecule has 2 aromatic heterocycles. The zero-order valence-corrected chi connectivity index (χ0v) is 15.9. The van der Waals surface area contributed by atoms with Crippen LogP contribution in [0.4, 0.5) is 11.6 Å². The molecule has 0 aliphatic heterocycles. The number of H-pyrrole nitrogens is 1. The van der Waals surface area contributed by atoms with Crippen LogP contribution in [0.3, 0.4) is 0 Å². The Balaban J connectivity index is 1.60. The van der Waals surface area contributed by atoms with Crippen molar-refractivity contribution in [2.75, 3.05) is 11.9 Å². The van der Waals surface area contributed by atoms with E-state index in [4.69, 9.17) is 20.5 Å². The number of ether oxygens (including phenoxy) is 2. The summed E-state index contributed by atoms with van der Waals surface area (Å²) in [4.78, 5) is 8.14. The van der Waals surface area contributed by atoms with Crippen LogP contribution < -0.4 is 20.5 Å². The molecule has 1 aliphatic carbocycles. The molecule has 1 fully saturated rings. The van der Waals surface area contributed by atoms with E-state index >= 15 is 0 Å². The van der Waals surface area contributed by atoms with Crippen LogP contribution in [-0.4, -0.2) is 38.9 Å². The molecule has 0 spiro atoms. The number of anilines is 2. The van der Waals surface area contributed by atoms with Gasteiger partial charge in [0.05, 0.1) is 30.3 Å². The predicted octanol–water partition coefficient (Wildman–Crippen LogP) is 2.75. The van der Waals surface area contributed by atoms with E-state index in [0.717, 1.165) is 29.8 Å². The summed E-state index contributed by atoms with van der Waals surface area (Å²) in [6.07, 6.45) is 4.66. The summed E-state index contributed by atoms with van der Waals surface area (Å²) in [5.41, 5.74) is 7.69. The number of aromatic amines is 1. The van der Waals surface area contributed by atoms with Crippen molar-refractivity contribution >= 4 is 11.6 Å². The normalized spacial score (nSPS) is 17.8. The van der Waals surface area contributed by atoms with Crippen molar-refractivity contribution in [3.63, 3.8) is 0 Å². The molecule has 1 saturated carbocycles. The monoisotopic (exact) mass is 391 g/mol. The highest BCUT2D eigenvalue weighted by molar-refractivity contribution is 5.76. The van der Waals surface area contributed by atoms with Gasteiger partial charge in [-0.3, -0.25) is 5.10 Å². The average Bonchev–Trinajstić information content (AvgIpc) is 3.16. The van der Waals surface area contributed by atoms with E-state index in [1.165, 1.54) is 12.4 Å². The molecule has 2 heterocycles. The van der Waals surface area contributed by atoms with Gasteiger partial charge in [-0.05, 0) is 31.9 Å². The molecule has 148 valence electrons. The Morgan fingerprint density at radius 3 is 2.76 bits per heavy atom. The lowest BCUT2D eigenvalue weighted by atomic mass is 9.90. The van der Waals surface area contributed by atoms with Gasteiger partial charge in [-0.1, -0.05) is 6.07 Å². The standard InChI is InChI=1S/C20H21N7O2/c1-2-28-16-4-3-5-17(29-14-6-12(22)7-14)20(16)15-8-18(27-26-15)25-19-11-23-13(9-21)10-24-19/h3-5,8,10-12,14H,2,6-7,22H2,1H3,(H2,24,25,26,27). The zero-order chi connectivity index (χ0) is 20.2. The summed E-state index contributed by atoms with van der Waals surface area (Å²) in [5.74, 6) is 2.48. The summed E-state index contributed by atoms with van der Waals surface area (Å²) in [6.45, 7) is 2.47. The minimum atomic E-state index is 0.107. The van der Waals surface area contributed by atoms with E-state index in [0.29, 0.717) is 24.0 Å². The molecule has 9 nitrogen and oxygen atoms in total. The molecule has 0 bridgehead atoms. The van der Waals surface area contributed by atoms with Crippen molar-refractivity contribution in [1.82, 2.24) is 20.2 Å². The van der Waals surface area contributed by atoms with Gasteiger partial charge in [0, 0.05) is 12.1 Å². The van der Waals surface area contributed by atoms with Gasteiger partial charge in [-0.25, -0.2) is 9.97 Å². The second kappa shape index (κ2) is 8.16. The number of nitriles is 1. The first-order valence-electron chi connectivity index (χ1n) is 9.39. The number of rotatable bonds is 7. The lowest BCUT2D eigenvalue weighted by Crippen LogP contribution is -2.43. The van der Waals surface area contributed by atoms with Gasteiger partial charge in [0.15, 0.2) is 11.5 Å². The summed E-state index contributed by atoms with van der Waals surface area (Å²) in [5, 5.41) is 19.2. The molecule has 1 aromatic carbocycles. The Morgan fingerprint density at radius 2 is 2.07 bits per heavy atom. The Kier molecular flexibility index (Phi) is 5.27. The van der Waals surface area contributed by atoms with Gasteiger partial charge in [0.2, 0.25) is 0 Å². The number of nitrogens with two attached hydrogens (primary N) is 1. The maximum Gasteiger partial charge on any atom is 0.158 e. The van der Waals surface area contributed by atoms with Crippen molar-refractivity contribution in [3.05, 3.63) is 42.4 Å². The Labute approximate surface area is 167 Å². The van der Waals surface area contributed by atoms with Crippen LogP contribution in [-0.2, 0) is 0 Å². The molecule has 29 heavy (non-hydrogen) atoms. The smallest absolute Gasteiger partial charge is 0.158 e. The van der Waals surface area contributed by atoms with Gasteiger partial charge in [-0.15, -0.1) is 0 Å². The maximum absolute atomic E-state index is 8.82. The topological polar surface area (TPSA) is 135 Å². The first-order valence-corrected chi connectivity index (χ1v) is 9.39. The van der Waals surface area contributed by atoms with Gasteiger partial charge in [-0.2, -0.15) is 10.4 Å². The fourth-order valence-corrected chi connectivity index (χ4v) is 3.13. The van der Waals surface area contributed by atoms with Crippen LogP contribution in [0, 0.1) is 11.3 Å². The Bertz CT molecular complexity index is 1020. The molecular weight excluding hydrogens is 370 g/mol. The van der Waals surface area contributed by atoms with Gasteiger partial charge in [0.1, 0.15) is 29.5 Å². The molecule has 4 N–H and O–H groups in total. The van der Waals surface area contributed by atoms with E-state index < -0.39 is 0 Å². The molecule has 4 rings (SSSR count). The van der Waals surface area contributed by atoms with Crippen LogP contribution in [0.1, 0.15) is 25.5 Å². The molecule has 1 aliphatic rings. The average molecular weight is 391 g/mol. The second-order valence-electron chi connectivity index (χ2n) is 6.72. The van der Waals surface area contributed by atoms with Crippen molar-refractivity contribution in [2.45, 2.75) is 31.9 Å². The summed E-state index contributed by atoms with van der Waals surface area (Å²) < 4.78 is 12.0. The van der Waals surface area contributed by atoms with Crippen LogP contribution in [0.2, 0.25) is 0 Å². The third-order valence-electron chi connectivity index (χ3n) is 4.58. The molecular formula is C20H21N7O2. The fourth-order valence-electron chi connectivity index (χ4n) is 3.13. The number of nitrogens with one attached hydrogen (secondary N) is 2. The first kappa shape index (κ1) is 18.7. The number of aromatic nitrogens is 4. The molecule has 0 saturated heterocycles. The molecule has 0 amide bonds. The van der Waals surface area contributed by atoms with Crippen LogP contribution in [0.25, 0.3) is 11.3 Å². The number of hydrogen-bond acceptors (Lipinski definition) is 8. The number of benzene rings is 1. The SMILES string of the molecule is CCOc1cccc(OC2CC(N)C2)c1-c1cc(Nc2cnc(C#N)cn2)n[nH]1. The lowest BCUT2D eigenvalue weighted by molar-refractivity contribution is 0.101. The van der Waals surface area contributed by atoms with Gasteiger partial charge >= 0.3 is 0 Å². The minimum Gasteiger partial charge on any atom is -0.493 e. The Hall–Kier alpha value is -3.64. The number of hydrogen-bond donors (Lipinski definition) is 3. The third-order valence-corrected chi connectivity index (χ3v) is 4.58. The first-order chi connectivity index (χ1) is 14.2. The van der Waals surface area contributed by atoms with Crippen LogP contribution in [0.15, 0.2) is 36.7 Å². The van der Waals surface area contributed by atoms with E-state index in [9.17, 15) is 0 Å². The fraction of sp³-hybridized carbons (Fsp3) is 0.300. The molecule has 3 aromatic rings. The second-order valence-corrected chi connectivity index (χ2v) is 6.72. The summed E-state index contributed by atoms with van der Waals surface area (Å²) in [6, 6.07) is 9.71. The summed E-state index contributed by atoms with van der Waals surface area (Å²) >= 11 is 0. The van der Waals surface area contributed by atoms with Gasteiger partial charge < -0.3 is 20.5 Å². The van der Waals surface area contributed by atoms with E-state index in [-0.39, 0.29) is 17.8 Å². The highest BCUT2D eigenvalue weighted by Gasteiger charge is 2.29. The maximum atomic E-state index is 8.82. The predicted molar refractivity (Wildman–Crippen MR) is 107 cm³/mol. The third kappa shape index (κ3) is 4.12. The van der Waals surface area contributed by atoms with Crippen molar-refractivity contribution in [3.8, 4) is 28.8 Å². The quantitative estimate of drug-likeness (QED) is 0.559. The van der Waals surface area contributed by atoms with Crippen molar-refractivity contribution in [2.24, 2.45) is 5.73 Å². The van der Waals surface area contributed by atoms with Crippen molar-refractivity contribution in [1.29, 1.82) is 5.26 Å². The Morgan fingerprint density at radius 1 is 1.24 bits per heavy atom.